The van der Waals surface area contributed by atoms with E-state index in [1.54, 1.807) is 0 Å². The van der Waals surface area contributed by atoms with Gasteiger partial charge in [0.25, 0.3) is 0 Å². The first-order valence-electron chi connectivity index (χ1n) is 6.01. The molecule has 0 spiro atoms. The van der Waals surface area contributed by atoms with Crippen LogP contribution in [0.4, 0.5) is 0 Å². The van der Waals surface area contributed by atoms with Crippen molar-refractivity contribution in [3.8, 4) is 0 Å². The summed E-state index contributed by atoms with van der Waals surface area (Å²) >= 11 is 0. The van der Waals surface area contributed by atoms with Crippen molar-refractivity contribution in [1.82, 2.24) is 9.80 Å². The summed E-state index contributed by atoms with van der Waals surface area (Å²) in [6, 6.07) is 0. The normalized spacial score (nSPS) is 15.8. The molecule has 1 aliphatic rings. The SMILES string of the molecule is CN(C(=O)CCN1C(=O)CCC1=O)C(C)(C)C(=O)O. The molecule has 1 N–H and O–H groups in total. The summed E-state index contributed by atoms with van der Waals surface area (Å²) in [7, 11) is 1.39. The highest BCUT2D eigenvalue weighted by molar-refractivity contribution is 6.02. The second-order valence-corrected chi connectivity index (χ2v) is 5.01. The highest BCUT2D eigenvalue weighted by Gasteiger charge is 2.36. The molecule has 1 saturated heterocycles. The molecule has 3 amide bonds. The lowest BCUT2D eigenvalue weighted by molar-refractivity contribution is -0.155. The van der Waals surface area contributed by atoms with Gasteiger partial charge >= 0.3 is 5.97 Å². The Morgan fingerprint density at radius 1 is 1.26 bits per heavy atom. The van der Waals surface area contributed by atoms with Crippen LogP contribution in [0.15, 0.2) is 0 Å². The Hall–Kier alpha value is -1.92. The van der Waals surface area contributed by atoms with E-state index in [4.69, 9.17) is 5.11 Å². The van der Waals surface area contributed by atoms with Crippen LogP contribution >= 0.6 is 0 Å². The second-order valence-electron chi connectivity index (χ2n) is 5.01. The Balaban J connectivity index is 2.59. The van der Waals surface area contributed by atoms with Gasteiger partial charge in [-0.1, -0.05) is 0 Å². The molecule has 0 atom stereocenters. The van der Waals surface area contributed by atoms with Gasteiger partial charge in [0.15, 0.2) is 0 Å². The van der Waals surface area contributed by atoms with Gasteiger partial charge in [0.05, 0.1) is 0 Å². The first kappa shape index (κ1) is 15.1. The molecule has 0 aromatic heterocycles. The van der Waals surface area contributed by atoms with Gasteiger partial charge in [0.1, 0.15) is 5.54 Å². The third-order valence-electron chi connectivity index (χ3n) is 3.44. The summed E-state index contributed by atoms with van der Waals surface area (Å²) in [4.78, 5) is 47.8. The number of aliphatic carboxylic acids is 1. The van der Waals surface area contributed by atoms with E-state index >= 15 is 0 Å². The van der Waals surface area contributed by atoms with Gasteiger partial charge in [-0.05, 0) is 13.8 Å². The van der Waals surface area contributed by atoms with E-state index in [0.29, 0.717) is 0 Å². The number of carbonyl (C=O) groups excluding carboxylic acids is 3. The lowest BCUT2D eigenvalue weighted by atomic mass is 10.0. The van der Waals surface area contributed by atoms with E-state index in [2.05, 4.69) is 0 Å². The predicted octanol–water partition coefficient (Wildman–Crippen LogP) is -0.153. The second kappa shape index (κ2) is 5.38. The maximum atomic E-state index is 11.9. The van der Waals surface area contributed by atoms with Gasteiger partial charge in [-0.2, -0.15) is 0 Å². The summed E-state index contributed by atoms with van der Waals surface area (Å²) in [5.74, 6) is -2.09. The number of imide groups is 1. The fraction of sp³-hybridized carbons (Fsp3) is 0.667. The van der Waals surface area contributed by atoms with Crippen molar-refractivity contribution < 1.29 is 24.3 Å². The van der Waals surface area contributed by atoms with E-state index in [1.165, 1.54) is 20.9 Å². The van der Waals surface area contributed by atoms with E-state index < -0.39 is 17.4 Å². The minimum absolute atomic E-state index is 0.0105. The van der Waals surface area contributed by atoms with Crippen molar-refractivity contribution in [2.24, 2.45) is 0 Å². The Labute approximate surface area is 111 Å². The number of hydrogen-bond donors (Lipinski definition) is 1. The molecule has 1 heterocycles. The number of hydrogen-bond acceptors (Lipinski definition) is 4. The molecule has 1 rings (SSSR count). The van der Waals surface area contributed by atoms with Crippen LogP contribution in [0.25, 0.3) is 0 Å². The maximum absolute atomic E-state index is 11.9. The van der Waals surface area contributed by atoms with E-state index in [0.717, 1.165) is 9.80 Å². The predicted molar refractivity (Wildman–Crippen MR) is 65.1 cm³/mol. The van der Waals surface area contributed by atoms with Crippen LogP contribution in [-0.4, -0.2) is 57.7 Å². The van der Waals surface area contributed by atoms with Gasteiger partial charge in [0, 0.05) is 32.9 Å². The monoisotopic (exact) mass is 270 g/mol. The molecular formula is C12H18N2O5. The first-order chi connectivity index (χ1) is 8.67. The molecule has 0 bridgehead atoms. The van der Waals surface area contributed by atoms with Crippen LogP contribution < -0.4 is 0 Å². The molecule has 106 valence electrons. The number of rotatable bonds is 5. The van der Waals surface area contributed by atoms with Crippen LogP contribution in [0.5, 0.6) is 0 Å². The summed E-state index contributed by atoms with van der Waals surface area (Å²) in [6.45, 7) is 2.84. The van der Waals surface area contributed by atoms with Crippen LogP contribution in [-0.2, 0) is 19.2 Å². The third-order valence-corrected chi connectivity index (χ3v) is 3.44. The highest BCUT2D eigenvalue weighted by Crippen LogP contribution is 2.16. The van der Waals surface area contributed by atoms with E-state index in [-0.39, 0.29) is 37.6 Å². The molecule has 7 heteroatoms. The van der Waals surface area contributed by atoms with Gasteiger partial charge < -0.3 is 10.0 Å². The van der Waals surface area contributed by atoms with Crippen LogP contribution in [0.2, 0.25) is 0 Å². The summed E-state index contributed by atoms with van der Waals surface area (Å²) in [5, 5.41) is 9.01. The van der Waals surface area contributed by atoms with Crippen LogP contribution in [0.1, 0.15) is 33.1 Å². The molecule has 0 aromatic rings. The summed E-state index contributed by atoms with van der Waals surface area (Å²) in [6.07, 6.45) is 0.303. The lowest BCUT2D eigenvalue weighted by Gasteiger charge is -2.32. The molecule has 7 nitrogen and oxygen atoms in total. The van der Waals surface area contributed by atoms with Crippen molar-refractivity contribution >= 4 is 23.7 Å². The third kappa shape index (κ3) is 3.10. The Bertz CT molecular complexity index is 414. The number of carboxylic acids is 1. The zero-order valence-corrected chi connectivity index (χ0v) is 11.3. The number of likely N-dealkylation sites (N-methyl/N-ethyl adjacent to an activating group) is 1. The zero-order valence-electron chi connectivity index (χ0n) is 11.3. The summed E-state index contributed by atoms with van der Waals surface area (Å²) < 4.78 is 0. The number of carboxylic acid groups (broad SMARTS) is 1. The summed E-state index contributed by atoms with van der Waals surface area (Å²) in [5.41, 5.74) is -1.32. The van der Waals surface area contributed by atoms with Gasteiger partial charge in [0.2, 0.25) is 17.7 Å². The van der Waals surface area contributed by atoms with E-state index in [9.17, 15) is 19.2 Å². The topological polar surface area (TPSA) is 95.0 Å². The minimum atomic E-state index is -1.32. The van der Waals surface area contributed by atoms with Crippen molar-refractivity contribution in [1.29, 1.82) is 0 Å². The van der Waals surface area contributed by atoms with Crippen molar-refractivity contribution in [3.63, 3.8) is 0 Å². The Morgan fingerprint density at radius 2 is 1.74 bits per heavy atom. The number of carbonyl (C=O) groups is 4. The Kier molecular flexibility index (Phi) is 4.28. The fourth-order valence-corrected chi connectivity index (χ4v) is 1.70. The molecule has 1 fully saturated rings. The van der Waals surface area contributed by atoms with E-state index in [1.807, 2.05) is 0 Å². The number of likely N-dealkylation sites (tertiary alicyclic amines) is 1. The smallest absolute Gasteiger partial charge is 0.329 e. The molecule has 19 heavy (non-hydrogen) atoms. The maximum Gasteiger partial charge on any atom is 0.329 e. The quantitative estimate of drug-likeness (QED) is 0.701. The van der Waals surface area contributed by atoms with Crippen LogP contribution in [0.3, 0.4) is 0 Å². The van der Waals surface area contributed by atoms with Gasteiger partial charge in [-0.15, -0.1) is 0 Å². The molecule has 0 saturated carbocycles. The minimum Gasteiger partial charge on any atom is -0.480 e. The van der Waals surface area contributed by atoms with Crippen molar-refractivity contribution in [2.75, 3.05) is 13.6 Å². The average molecular weight is 270 g/mol. The average Bonchev–Trinajstić information content (AvgIpc) is 2.65. The van der Waals surface area contributed by atoms with Crippen molar-refractivity contribution in [2.45, 2.75) is 38.6 Å². The fourth-order valence-electron chi connectivity index (χ4n) is 1.70. The molecule has 0 aliphatic carbocycles. The van der Waals surface area contributed by atoms with Crippen LogP contribution in [0, 0.1) is 0 Å². The van der Waals surface area contributed by atoms with Gasteiger partial charge in [-0.3, -0.25) is 19.3 Å². The number of amides is 3. The molecule has 1 aliphatic heterocycles. The number of nitrogens with zero attached hydrogens (tertiary/aromatic N) is 2. The molecule has 0 unspecified atom stereocenters. The molecule has 0 aromatic carbocycles. The molecule has 0 radical (unpaired) electrons. The molecular weight excluding hydrogens is 252 g/mol. The Morgan fingerprint density at radius 3 is 2.16 bits per heavy atom. The standard InChI is InChI=1S/C12H18N2O5/c1-12(2,11(18)19)13(3)8(15)6-7-14-9(16)4-5-10(14)17/h4-7H2,1-3H3,(H,18,19). The zero-order chi connectivity index (χ0) is 14.8. The van der Waals surface area contributed by atoms with Crippen molar-refractivity contribution in [3.05, 3.63) is 0 Å². The first-order valence-corrected chi connectivity index (χ1v) is 6.01. The lowest BCUT2D eigenvalue weighted by Crippen LogP contribution is -2.51. The van der Waals surface area contributed by atoms with Gasteiger partial charge in [-0.25, -0.2) is 4.79 Å². The highest BCUT2D eigenvalue weighted by atomic mass is 16.4. The largest absolute Gasteiger partial charge is 0.480 e.